The van der Waals surface area contributed by atoms with Crippen LogP contribution in [0.15, 0.2) is 0 Å². The van der Waals surface area contributed by atoms with Crippen molar-refractivity contribution in [1.82, 2.24) is 10.6 Å². The van der Waals surface area contributed by atoms with Crippen molar-refractivity contribution in [1.29, 1.82) is 0 Å². The van der Waals surface area contributed by atoms with Crippen LogP contribution in [0.25, 0.3) is 0 Å². The Kier molecular flexibility index (Phi) is 4.05. The van der Waals surface area contributed by atoms with E-state index in [-0.39, 0.29) is 0 Å². The topological polar surface area (TPSA) is 26.1 Å². The molecule has 0 aromatic carbocycles. The van der Waals surface area contributed by atoms with Gasteiger partial charge in [-0.2, -0.15) is 0 Å². The molecule has 0 bridgehead atoms. The van der Waals surface area contributed by atoms with Crippen molar-refractivity contribution < 1.29 is 0 Å². The molecule has 0 spiro atoms. The van der Waals surface area contributed by atoms with Crippen LogP contribution in [0.1, 0.15) is 70.6 Å². The Morgan fingerprint density at radius 3 is 2.40 bits per heavy atom. The number of hydrogen-bond acceptors (Lipinski definition) is 1. The van der Waals surface area contributed by atoms with Gasteiger partial charge in [0, 0.05) is 18.1 Å². The molecule has 2 saturated carbocycles. The van der Waals surface area contributed by atoms with E-state index in [0.717, 1.165) is 29.8 Å². The van der Waals surface area contributed by atoms with Gasteiger partial charge in [-0.1, -0.05) is 32.1 Å². The van der Waals surface area contributed by atoms with Crippen LogP contribution in [0.2, 0.25) is 0 Å². The van der Waals surface area contributed by atoms with Crippen LogP contribution >= 0.6 is 0 Å². The van der Waals surface area contributed by atoms with E-state index in [1.807, 2.05) is 0 Å². The lowest BCUT2D eigenvalue weighted by Crippen LogP contribution is -2.59. The molecule has 2 saturated heterocycles. The third-order valence-corrected chi connectivity index (χ3v) is 6.82. The zero-order chi connectivity index (χ0) is 13.4. The number of hydrogen-bond donors (Lipinski definition) is 1. The molecular weight excluding hydrogens is 244 g/mol. The number of piperidine rings is 2. The van der Waals surface area contributed by atoms with E-state index in [9.17, 15) is 0 Å². The lowest BCUT2D eigenvalue weighted by Gasteiger charge is -2.48. The Morgan fingerprint density at radius 1 is 0.650 bits per heavy atom. The third kappa shape index (κ3) is 2.54. The van der Waals surface area contributed by atoms with Gasteiger partial charge >= 0.3 is 0 Å². The highest BCUT2D eigenvalue weighted by molar-refractivity contribution is 5.00. The van der Waals surface area contributed by atoms with Crippen LogP contribution in [0.3, 0.4) is 0 Å². The van der Waals surface area contributed by atoms with Gasteiger partial charge < -0.3 is 5.32 Å². The minimum atomic E-state index is 0.653. The molecule has 4 fully saturated rings. The average Bonchev–Trinajstić information content (AvgIpc) is 2.54. The Morgan fingerprint density at radius 2 is 1.45 bits per heavy atom. The predicted molar refractivity (Wildman–Crippen MR) is 82.8 cm³/mol. The molecule has 2 aliphatic carbocycles. The Hall–Kier alpha value is -0.0800. The molecule has 1 N–H and O–H groups in total. The third-order valence-electron chi connectivity index (χ3n) is 6.82. The highest BCUT2D eigenvalue weighted by atomic mass is 15.1. The monoisotopic (exact) mass is 275 g/mol. The molecule has 0 amide bonds. The number of nitrogens with one attached hydrogen (secondary N) is 1. The lowest BCUT2D eigenvalue weighted by atomic mass is 9.67. The molecule has 2 heterocycles. The second-order valence-electron chi connectivity index (χ2n) is 7.88. The lowest BCUT2D eigenvalue weighted by molar-refractivity contribution is 0.0731. The molecule has 113 valence electrons. The van der Waals surface area contributed by atoms with E-state index in [4.69, 9.17) is 5.32 Å². The summed E-state index contributed by atoms with van der Waals surface area (Å²) < 4.78 is 0. The van der Waals surface area contributed by atoms with Gasteiger partial charge in [0.05, 0.1) is 0 Å². The molecule has 4 rings (SSSR count). The molecular formula is C18H31N2. The summed E-state index contributed by atoms with van der Waals surface area (Å²) >= 11 is 0. The van der Waals surface area contributed by atoms with E-state index in [0.29, 0.717) is 6.04 Å². The summed E-state index contributed by atoms with van der Waals surface area (Å²) in [6.45, 7) is 1.26. The Labute approximate surface area is 124 Å². The summed E-state index contributed by atoms with van der Waals surface area (Å²) in [5.41, 5.74) is 0. The van der Waals surface area contributed by atoms with Gasteiger partial charge in [-0.15, -0.1) is 0 Å². The molecule has 20 heavy (non-hydrogen) atoms. The van der Waals surface area contributed by atoms with Crippen molar-refractivity contribution in [2.45, 2.75) is 88.8 Å². The quantitative estimate of drug-likeness (QED) is 0.779. The van der Waals surface area contributed by atoms with Gasteiger partial charge in [0.1, 0.15) is 0 Å². The van der Waals surface area contributed by atoms with Crippen molar-refractivity contribution >= 4 is 0 Å². The summed E-state index contributed by atoms with van der Waals surface area (Å²) in [4.78, 5) is 0. The highest BCUT2D eigenvalue weighted by Gasteiger charge is 2.42. The van der Waals surface area contributed by atoms with Crippen molar-refractivity contribution in [2.24, 2.45) is 17.8 Å². The average molecular weight is 275 g/mol. The largest absolute Gasteiger partial charge is 0.312 e. The maximum Gasteiger partial charge on any atom is 0.0405 e. The fourth-order valence-corrected chi connectivity index (χ4v) is 5.77. The first-order valence-electron chi connectivity index (χ1n) is 9.35. The Balaban J connectivity index is 1.43. The highest BCUT2D eigenvalue weighted by Crippen LogP contribution is 2.41. The zero-order valence-electron chi connectivity index (χ0n) is 12.9. The molecule has 2 nitrogen and oxygen atoms in total. The van der Waals surface area contributed by atoms with Crippen LogP contribution < -0.4 is 10.6 Å². The molecule has 2 aliphatic heterocycles. The van der Waals surface area contributed by atoms with Crippen LogP contribution in [-0.4, -0.2) is 24.7 Å². The molecule has 6 atom stereocenters. The first-order valence-corrected chi connectivity index (χ1v) is 9.35. The van der Waals surface area contributed by atoms with Crippen molar-refractivity contribution in [3.63, 3.8) is 0 Å². The van der Waals surface area contributed by atoms with E-state index >= 15 is 0 Å². The van der Waals surface area contributed by atoms with Crippen LogP contribution in [0.4, 0.5) is 0 Å². The first kappa shape index (κ1) is 13.6. The zero-order valence-corrected chi connectivity index (χ0v) is 12.9. The molecule has 2 heteroatoms. The van der Waals surface area contributed by atoms with Crippen molar-refractivity contribution in [3.8, 4) is 0 Å². The van der Waals surface area contributed by atoms with Gasteiger partial charge in [-0.05, 0) is 62.8 Å². The van der Waals surface area contributed by atoms with Crippen LogP contribution in [0, 0.1) is 17.8 Å². The first-order chi connectivity index (χ1) is 9.92. The van der Waals surface area contributed by atoms with E-state index < -0.39 is 0 Å². The fourth-order valence-electron chi connectivity index (χ4n) is 5.77. The summed E-state index contributed by atoms with van der Waals surface area (Å²) in [7, 11) is 0. The SMILES string of the molecule is C1CCC2[N]C(C3NCCC4CCCCC43)CCC2C1. The minimum Gasteiger partial charge on any atom is -0.312 e. The van der Waals surface area contributed by atoms with Crippen LogP contribution in [0.5, 0.6) is 0 Å². The fraction of sp³-hybridized carbons (Fsp3) is 1.00. The summed E-state index contributed by atoms with van der Waals surface area (Å²) in [5.74, 6) is 2.92. The van der Waals surface area contributed by atoms with Gasteiger partial charge in [0.25, 0.3) is 0 Å². The van der Waals surface area contributed by atoms with Gasteiger partial charge in [0.2, 0.25) is 0 Å². The summed E-state index contributed by atoms with van der Waals surface area (Å²) in [6, 6.07) is 2.12. The summed E-state index contributed by atoms with van der Waals surface area (Å²) in [5, 5.41) is 9.25. The maximum absolute atomic E-state index is 5.36. The number of fused-ring (bicyclic) bond motifs is 2. The van der Waals surface area contributed by atoms with Gasteiger partial charge in [-0.25, -0.2) is 5.32 Å². The second kappa shape index (κ2) is 5.96. The predicted octanol–water partition coefficient (Wildman–Crippen LogP) is 3.48. The van der Waals surface area contributed by atoms with E-state index in [1.54, 1.807) is 0 Å². The number of rotatable bonds is 1. The molecule has 1 radical (unpaired) electrons. The molecule has 0 aromatic rings. The smallest absolute Gasteiger partial charge is 0.0405 e. The van der Waals surface area contributed by atoms with Gasteiger partial charge in [-0.3, -0.25) is 0 Å². The molecule has 6 unspecified atom stereocenters. The normalized spacial score (nSPS) is 49.2. The van der Waals surface area contributed by atoms with E-state index in [2.05, 4.69) is 5.32 Å². The summed E-state index contributed by atoms with van der Waals surface area (Å²) in [6.07, 6.45) is 16.0. The molecule has 4 aliphatic rings. The van der Waals surface area contributed by atoms with E-state index in [1.165, 1.54) is 77.2 Å². The van der Waals surface area contributed by atoms with Crippen molar-refractivity contribution in [2.75, 3.05) is 6.54 Å². The second-order valence-corrected chi connectivity index (χ2v) is 7.88. The van der Waals surface area contributed by atoms with Crippen molar-refractivity contribution in [3.05, 3.63) is 0 Å². The standard InChI is InChI=1S/C18H31N2/c1-3-7-15-13(5-1)11-12-19-18(15)17-10-9-14-6-2-4-8-16(14)20-17/h13-19H,1-12H2. The van der Waals surface area contributed by atoms with Crippen LogP contribution in [-0.2, 0) is 0 Å². The maximum atomic E-state index is 5.36. The minimum absolute atomic E-state index is 0.653. The Bertz CT molecular complexity index is 327. The number of nitrogens with zero attached hydrogens (tertiary/aromatic N) is 1. The van der Waals surface area contributed by atoms with Gasteiger partial charge in [0.15, 0.2) is 0 Å². The molecule has 0 aromatic heterocycles.